The van der Waals surface area contributed by atoms with Gasteiger partial charge in [-0.05, 0) is 37.3 Å². The van der Waals surface area contributed by atoms with Crippen LogP contribution in [0.15, 0.2) is 23.1 Å². The third-order valence-corrected chi connectivity index (χ3v) is 5.68. The van der Waals surface area contributed by atoms with Crippen LogP contribution in [0.1, 0.15) is 19.3 Å². The molecule has 0 spiro atoms. The van der Waals surface area contributed by atoms with Crippen molar-refractivity contribution in [2.75, 3.05) is 34.0 Å². The highest BCUT2D eigenvalue weighted by molar-refractivity contribution is 7.89. The van der Waals surface area contributed by atoms with Gasteiger partial charge in [-0.15, -0.1) is 0 Å². The summed E-state index contributed by atoms with van der Waals surface area (Å²) in [6.45, 7) is 1.45. The van der Waals surface area contributed by atoms with Gasteiger partial charge < -0.3 is 19.3 Å². The van der Waals surface area contributed by atoms with Crippen molar-refractivity contribution >= 4 is 10.0 Å². The molecule has 1 heterocycles. The van der Waals surface area contributed by atoms with Crippen LogP contribution in [0.25, 0.3) is 0 Å². The van der Waals surface area contributed by atoms with Gasteiger partial charge in [-0.2, -0.15) is 0 Å². The average Bonchev–Trinajstić information content (AvgIpc) is 2.61. The second-order valence-corrected chi connectivity index (χ2v) is 7.46. The van der Waals surface area contributed by atoms with E-state index in [-0.39, 0.29) is 23.1 Å². The zero-order valence-corrected chi connectivity index (χ0v) is 14.8. The summed E-state index contributed by atoms with van der Waals surface area (Å²) >= 11 is 0. The van der Waals surface area contributed by atoms with Crippen LogP contribution in [0.3, 0.4) is 0 Å². The smallest absolute Gasteiger partial charge is 0.244 e. The molecule has 24 heavy (non-hydrogen) atoms. The van der Waals surface area contributed by atoms with Crippen molar-refractivity contribution in [3.8, 4) is 11.5 Å². The summed E-state index contributed by atoms with van der Waals surface area (Å²) in [5.74, 6) is 0.835. The molecule has 1 saturated heterocycles. The third kappa shape index (κ3) is 4.83. The van der Waals surface area contributed by atoms with Crippen LogP contribution in [0.2, 0.25) is 0 Å². The Morgan fingerprint density at radius 2 is 2.00 bits per heavy atom. The molecule has 2 rings (SSSR count). The lowest BCUT2D eigenvalue weighted by atomic mass is 9.92. The van der Waals surface area contributed by atoms with E-state index in [1.54, 1.807) is 12.1 Å². The number of ether oxygens (including phenoxy) is 3. The number of hydrogen-bond donors (Lipinski definition) is 2. The van der Waals surface area contributed by atoms with Gasteiger partial charge in [-0.1, -0.05) is 0 Å². The molecule has 1 aromatic carbocycles. The van der Waals surface area contributed by atoms with Crippen molar-refractivity contribution in [1.82, 2.24) is 4.72 Å². The quantitative estimate of drug-likeness (QED) is 0.723. The zero-order chi connectivity index (χ0) is 17.6. The number of methoxy groups -OCH3 is 2. The summed E-state index contributed by atoms with van der Waals surface area (Å²) in [6.07, 6.45) is 1.43. The van der Waals surface area contributed by atoms with Crippen LogP contribution in [0, 0.1) is 5.92 Å². The van der Waals surface area contributed by atoms with Crippen LogP contribution >= 0.6 is 0 Å². The fraction of sp³-hybridized carbons (Fsp3) is 0.625. The minimum Gasteiger partial charge on any atom is -0.497 e. The molecule has 1 aliphatic heterocycles. The lowest BCUT2D eigenvalue weighted by Crippen LogP contribution is -2.32. The highest BCUT2D eigenvalue weighted by atomic mass is 32.2. The van der Waals surface area contributed by atoms with Gasteiger partial charge in [0.15, 0.2) is 0 Å². The molecule has 8 heteroatoms. The average molecular weight is 359 g/mol. The van der Waals surface area contributed by atoms with Crippen molar-refractivity contribution in [2.24, 2.45) is 5.92 Å². The molecule has 2 N–H and O–H groups in total. The first-order valence-electron chi connectivity index (χ1n) is 7.95. The molecule has 0 bridgehead atoms. The number of rotatable bonds is 8. The van der Waals surface area contributed by atoms with E-state index in [1.807, 2.05) is 0 Å². The molecule has 0 radical (unpaired) electrons. The normalized spacial score (nSPS) is 17.5. The maximum absolute atomic E-state index is 12.5. The summed E-state index contributed by atoms with van der Waals surface area (Å²) in [5.41, 5.74) is 0. The van der Waals surface area contributed by atoms with Crippen LogP contribution in [0.5, 0.6) is 11.5 Å². The Balaban J connectivity index is 1.98. The molecule has 0 saturated carbocycles. The van der Waals surface area contributed by atoms with Gasteiger partial charge in [0.1, 0.15) is 16.4 Å². The molecule has 136 valence electrons. The van der Waals surface area contributed by atoms with Crippen molar-refractivity contribution < 1.29 is 27.7 Å². The molecule has 1 aliphatic rings. The van der Waals surface area contributed by atoms with Gasteiger partial charge in [-0.25, -0.2) is 13.1 Å². The van der Waals surface area contributed by atoms with Crippen LogP contribution in [0.4, 0.5) is 0 Å². The molecule has 1 atom stereocenters. The molecule has 1 aromatic rings. The standard InChI is InChI=1S/C16H25NO6S/c1-21-13-3-4-15(22-2)16(11-13)24(19,20)17-8-5-14(18)12-6-9-23-10-7-12/h3-4,11-12,14,17-18H,5-10H2,1-2H3/t14-/m1/s1. The molecule has 0 aliphatic carbocycles. The lowest BCUT2D eigenvalue weighted by molar-refractivity contribution is 0.00567. The van der Waals surface area contributed by atoms with E-state index < -0.39 is 16.1 Å². The Labute approximate surface area is 143 Å². The molecular weight excluding hydrogens is 334 g/mol. The van der Waals surface area contributed by atoms with E-state index in [1.165, 1.54) is 20.3 Å². The Morgan fingerprint density at radius 3 is 2.62 bits per heavy atom. The topological polar surface area (TPSA) is 94.1 Å². The summed E-state index contributed by atoms with van der Waals surface area (Å²) in [7, 11) is -0.872. The lowest BCUT2D eigenvalue weighted by Gasteiger charge is -2.26. The Hall–Kier alpha value is -1.35. The van der Waals surface area contributed by atoms with Gasteiger partial charge in [0, 0.05) is 25.8 Å². The van der Waals surface area contributed by atoms with Gasteiger partial charge >= 0.3 is 0 Å². The maximum atomic E-state index is 12.5. The first-order valence-corrected chi connectivity index (χ1v) is 9.43. The second-order valence-electron chi connectivity index (χ2n) is 5.72. The second kappa shape index (κ2) is 8.66. The molecule has 0 aromatic heterocycles. The number of aliphatic hydroxyl groups is 1. The number of nitrogens with one attached hydrogen (secondary N) is 1. The predicted octanol–water partition coefficient (Wildman–Crippen LogP) is 1.16. The van der Waals surface area contributed by atoms with Crippen molar-refractivity contribution in [3.63, 3.8) is 0 Å². The highest BCUT2D eigenvalue weighted by Gasteiger charge is 2.24. The van der Waals surface area contributed by atoms with Crippen LogP contribution < -0.4 is 14.2 Å². The molecule has 1 fully saturated rings. The minimum absolute atomic E-state index is 0.0184. The largest absolute Gasteiger partial charge is 0.497 e. The highest BCUT2D eigenvalue weighted by Crippen LogP contribution is 2.28. The fourth-order valence-corrected chi connectivity index (χ4v) is 3.98. The first kappa shape index (κ1) is 19.0. The van der Waals surface area contributed by atoms with Crippen molar-refractivity contribution in [1.29, 1.82) is 0 Å². The molecular formula is C16H25NO6S. The Kier molecular flexibility index (Phi) is 6.85. The monoisotopic (exact) mass is 359 g/mol. The Bertz CT molecular complexity index is 627. The van der Waals surface area contributed by atoms with Gasteiger partial charge in [0.2, 0.25) is 10.0 Å². The van der Waals surface area contributed by atoms with Crippen molar-refractivity contribution in [2.45, 2.75) is 30.3 Å². The summed E-state index contributed by atoms with van der Waals surface area (Å²) in [5, 5.41) is 10.2. The van der Waals surface area contributed by atoms with E-state index in [4.69, 9.17) is 14.2 Å². The summed E-state index contributed by atoms with van der Waals surface area (Å²) in [4.78, 5) is 0.0184. The molecule has 7 nitrogen and oxygen atoms in total. The predicted molar refractivity (Wildman–Crippen MR) is 88.9 cm³/mol. The van der Waals surface area contributed by atoms with Gasteiger partial charge in [0.25, 0.3) is 0 Å². The van der Waals surface area contributed by atoms with Gasteiger partial charge in [-0.3, -0.25) is 0 Å². The Morgan fingerprint density at radius 1 is 1.29 bits per heavy atom. The number of benzene rings is 1. The van der Waals surface area contributed by atoms with E-state index in [9.17, 15) is 13.5 Å². The third-order valence-electron chi connectivity index (χ3n) is 4.20. The van der Waals surface area contributed by atoms with Crippen molar-refractivity contribution in [3.05, 3.63) is 18.2 Å². The fourth-order valence-electron chi connectivity index (χ4n) is 2.75. The summed E-state index contributed by atoms with van der Waals surface area (Å²) in [6, 6.07) is 4.59. The zero-order valence-electron chi connectivity index (χ0n) is 14.0. The minimum atomic E-state index is -3.75. The van der Waals surface area contributed by atoms with E-state index in [0.29, 0.717) is 25.4 Å². The first-order chi connectivity index (χ1) is 11.5. The van der Waals surface area contributed by atoms with Crippen LogP contribution in [-0.2, 0) is 14.8 Å². The number of sulfonamides is 1. The maximum Gasteiger partial charge on any atom is 0.244 e. The molecule has 0 amide bonds. The number of aliphatic hydroxyl groups excluding tert-OH is 1. The van der Waals surface area contributed by atoms with E-state index >= 15 is 0 Å². The van der Waals surface area contributed by atoms with Gasteiger partial charge in [0.05, 0.1) is 20.3 Å². The van der Waals surface area contributed by atoms with E-state index in [0.717, 1.165) is 12.8 Å². The SMILES string of the molecule is COc1ccc(OC)c(S(=O)(=O)NCC[C@@H](O)C2CCOCC2)c1. The summed E-state index contributed by atoms with van der Waals surface area (Å²) < 4.78 is 42.9. The van der Waals surface area contributed by atoms with Crippen LogP contribution in [-0.4, -0.2) is 53.6 Å². The molecule has 0 unspecified atom stereocenters. The number of hydrogen-bond acceptors (Lipinski definition) is 6. The van der Waals surface area contributed by atoms with E-state index in [2.05, 4.69) is 4.72 Å².